The highest BCUT2D eigenvalue weighted by Crippen LogP contribution is 2.36. The van der Waals surface area contributed by atoms with Crippen LogP contribution in [0.5, 0.6) is 0 Å². The van der Waals surface area contributed by atoms with Crippen LogP contribution in [0.3, 0.4) is 0 Å². The van der Waals surface area contributed by atoms with Crippen LogP contribution in [0.4, 0.5) is 0 Å². The number of carbonyl (C=O) groups is 1. The molecule has 0 aromatic rings. The molecule has 1 saturated carbocycles. The molecule has 19 heavy (non-hydrogen) atoms. The lowest BCUT2D eigenvalue weighted by molar-refractivity contribution is -0.120. The molecule has 0 spiro atoms. The maximum atomic E-state index is 11.2. The van der Waals surface area contributed by atoms with Crippen molar-refractivity contribution in [3.05, 3.63) is 0 Å². The first-order valence-electron chi connectivity index (χ1n) is 7.46. The van der Waals surface area contributed by atoms with Gasteiger partial charge in [-0.15, -0.1) is 0 Å². The number of hydrogen-bond donors (Lipinski definition) is 3. The van der Waals surface area contributed by atoms with Gasteiger partial charge in [0, 0.05) is 39.1 Å². The molecular weight excluding hydrogens is 242 g/mol. The summed E-state index contributed by atoms with van der Waals surface area (Å²) in [6.45, 7) is 4.95. The number of rotatable bonds is 6. The Bertz CT molecular complexity index is 307. The summed E-state index contributed by atoms with van der Waals surface area (Å²) < 4.78 is 0. The van der Waals surface area contributed by atoms with Crippen molar-refractivity contribution in [3.63, 3.8) is 0 Å². The fourth-order valence-electron chi connectivity index (χ4n) is 3.25. The van der Waals surface area contributed by atoms with E-state index in [0.29, 0.717) is 18.4 Å². The predicted molar refractivity (Wildman–Crippen MR) is 74.6 cm³/mol. The van der Waals surface area contributed by atoms with Gasteiger partial charge in [-0.05, 0) is 37.5 Å². The van der Waals surface area contributed by atoms with Gasteiger partial charge in [0.1, 0.15) is 0 Å². The summed E-state index contributed by atoms with van der Waals surface area (Å²) in [4.78, 5) is 13.5. The highest BCUT2D eigenvalue weighted by Gasteiger charge is 2.34. The molecule has 5 nitrogen and oxygen atoms in total. The second-order valence-corrected chi connectivity index (χ2v) is 6.19. The second kappa shape index (κ2) is 6.68. The zero-order valence-electron chi connectivity index (χ0n) is 11.8. The van der Waals surface area contributed by atoms with Gasteiger partial charge < -0.3 is 16.2 Å². The first-order valence-corrected chi connectivity index (χ1v) is 7.46. The summed E-state index contributed by atoms with van der Waals surface area (Å²) >= 11 is 0. The molecule has 1 amide bonds. The van der Waals surface area contributed by atoms with Crippen LogP contribution in [-0.2, 0) is 4.79 Å². The van der Waals surface area contributed by atoms with E-state index in [2.05, 4.69) is 10.2 Å². The molecule has 4 N–H and O–H groups in total. The number of aliphatic hydroxyl groups excluding tert-OH is 1. The quantitative estimate of drug-likeness (QED) is 0.631. The van der Waals surface area contributed by atoms with Gasteiger partial charge in [0.05, 0.1) is 6.10 Å². The molecule has 2 rings (SSSR count). The highest BCUT2D eigenvalue weighted by molar-refractivity contribution is 5.73. The molecule has 1 saturated heterocycles. The second-order valence-electron chi connectivity index (χ2n) is 6.19. The van der Waals surface area contributed by atoms with Gasteiger partial charge in [0.15, 0.2) is 0 Å². The number of nitrogens with one attached hydrogen (secondary N) is 1. The largest absolute Gasteiger partial charge is 0.393 e. The molecular formula is C14H27N3O2. The van der Waals surface area contributed by atoms with Crippen LogP contribution in [0.1, 0.15) is 32.6 Å². The molecule has 1 aliphatic carbocycles. The van der Waals surface area contributed by atoms with E-state index in [1.165, 1.54) is 12.8 Å². The number of piperidine rings is 1. The number of hydrogen-bond acceptors (Lipinski definition) is 4. The minimum Gasteiger partial charge on any atom is -0.393 e. The fourth-order valence-corrected chi connectivity index (χ4v) is 3.25. The normalized spacial score (nSPS) is 30.1. The molecule has 110 valence electrons. The first kappa shape index (κ1) is 14.8. The Hall–Kier alpha value is -0.650. The van der Waals surface area contributed by atoms with E-state index in [-0.39, 0.29) is 18.1 Å². The lowest BCUT2D eigenvalue weighted by Crippen LogP contribution is -2.51. The Morgan fingerprint density at radius 3 is 2.79 bits per heavy atom. The van der Waals surface area contributed by atoms with Crippen LogP contribution in [0.2, 0.25) is 0 Å². The van der Waals surface area contributed by atoms with Crippen LogP contribution < -0.4 is 11.1 Å². The van der Waals surface area contributed by atoms with Crippen LogP contribution in [-0.4, -0.2) is 54.2 Å². The summed E-state index contributed by atoms with van der Waals surface area (Å²) in [6, 6.07) is 0.203. The average molecular weight is 269 g/mol. The van der Waals surface area contributed by atoms with Crippen molar-refractivity contribution >= 4 is 5.91 Å². The van der Waals surface area contributed by atoms with Gasteiger partial charge >= 0.3 is 0 Å². The maximum Gasteiger partial charge on any atom is 0.217 e. The Morgan fingerprint density at radius 2 is 2.21 bits per heavy atom. The first-order chi connectivity index (χ1) is 9.08. The molecule has 3 atom stereocenters. The summed E-state index contributed by atoms with van der Waals surface area (Å²) in [6.07, 6.45) is 4.04. The fraction of sp³-hybridized carbons (Fsp3) is 0.929. The van der Waals surface area contributed by atoms with Gasteiger partial charge in [-0.25, -0.2) is 0 Å². The van der Waals surface area contributed by atoms with Gasteiger partial charge in [-0.1, -0.05) is 0 Å². The van der Waals surface area contributed by atoms with E-state index in [1.54, 1.807) is 6.92 Å². The van der Waals surface area contributed by atoms with E-state index < -0.39 is 0 Å². The molecule has 2 fully saturated rings. The number of aliphatic hydroxyl groups is 1. The van der Waals surface area contributed by atoms with Crippen molar-refractivity contribution in [2.75, 3.05) is 26.2 Å². The van der Waals surface area contributed by atoms with E-state index in [9.17, 15) is 9.90 Å². The Labute approximate surface area is 115 Å². The van der Waals surface area contributed by atoms with Crippen molar-refractivity contribution in [2.24, 2.45) is 17.6 Å². The van der Waals surface area contributed by atoms with Crippen molar-refractivity contribution < 1.29 is 9.90 Å². The van der Waals surface area contributed by atoms with Crippen molar-refractivity contribution in [1.82, 2.24) is 10.2 Å². The predicted octanol–water partition coefficient (Wildman–Crippen LogP) is -0.0673. The van der Waals surface area contributed by atoms with Crippen molar-refractivity contribution in [2.45, 2.75) is 44.8 Å². The third-order valence-corrected chi connectivity index (χ3v) is 4.21. The monoisotopic (exact) mass is 269 g/mol. The lowest BCUT2D eigenvalue weighted by Gasteiger charge is -2.38. The molecule has 5 heteroatoms. The number of carbonyl (C=O) groups excluding carboxylic acids is 1. The lowest BCUT2D eigenvalue weighted by atomic mass is 9.88. The number of likely N-dealkylation sites (tertiary alicyclic amines) is 1. The smallest absolute Gasteiger partial charge is 0.217 e. The average Bonchev–Trinajstić information content (AvgIpc) is 3.11. The van der Waals surface area contributed by atoms with Crippen LogP contribution in [0.25, 0.3) is 0 Å². The Morgan fingerprint density at radius 1 is 1.47 bits per heavy atom. The summed E-state index contributed by atoms with van der Waals surface area (Å²) in [5.74, 6) is 1.03. The topological polar surface area (TPSA) is 78.6 Å². The van der Waals surface area contributed by atoms with Gasteiger partial charge in [-0.3, -0.25) is 9.69 Å². The molecule has 2 aliphatic rings. The minimum atomic E-state index is -0.152. The summed E-state index contributed by atoms with van der Waals surface area (Å²) in [7, 11) is 0. The molecule has 1 heterocycles. The van der Waals surface area contributed by atoms with Gasteiger partial charge in [0.2, 0.25) is 5.91 Å². The third kappa shape index (κ3) is 4.75. The molecule has 0 radical (unpaired) electrons. The molecule has 0 aromatic carbocycles. The zero-order chi connectivity index (χ0) is 13.8. The maximum absolute atomic E-state index is 11.2. The van der Waals surface area contributed by atoms with Crippen molar-refractivity contribution in [3.8, 4) is 0 Å². The third-order valence-electron chi connectivity index (χ3n) is 4.21. The number of nitrogens with zero attached hydrogens (tertiary/aromatic N) is 1. The number of nitrogens with two attached hydrogens (primary N) is 1. The number of amides is 1. The van der Waals surface area contributed by atoms with Crippen LogP contribution in [0, 0.1) is 11.8 Å². The van der Waals surface area contributed by atoms with E-state index in [1.807, 2.05) is 0 Å². The standard InChI is InChI=1S/C14H27N3O2/c1-10(18)16-13-6-11(7-14(19)12-2-3-12)8-17(9-13)5-4-15/h11-14,19H,2-9,15H2,1H3,(H,16,18). The molecule has 0 bridgehead atoms. The Balaban J connectivity index is 1.86. The van der Waals surface area contributed by atoms with E-state index in [0.717, 1.165) is 32.5 Å². The van der Waals surface area contributed by atoms with Crippen LogP contribution in [0.15, 0.2) is 0 Å². The summed E-state index contributed by atoms with van der Waals surface area (Å²) in [5, 5.41) is 13.1. The Kier molecular flexibility index (Phi) is 5.19. The minimum absolute atomic E-state index is 0.0288. The van der Waals surface area contributed by atoms with Crippen LogP contribution >= 0.6 is 0 Å². The SMILES string of the molecule is CC(=O)NC1CC(CC(O)C2CC2)CN(CCN)C1. The molecule has 0 aromatic heterocycles. The summed E-state index contributed by atoms with van der Waals surface area (Å²) in [5.41, 5.74) is 5.63. The van der Waals surface area contributed by atoms with Crippen molar-refractivity contribution in [1.29, 1.82) is 0 Å². The van der Waals surface area contributed by atoms with E-state index in [4.69, 9.17) is 5.73 Å². The van der Waals surface area contributed by atoms with Gasteiger partial charge in [-0.2, -0.15) is 0 Å². The van der Waals surface area contributed by atoms with E-state index >= 15 is 0 Å². The zero-order valence-corrected chi connectivity index (χ0v) is 11.8. The highest BCUT2D eigenvalue weighted by atomic mass is 16.3. The molecule has 1 aliphatic heterocycles. The molecule has 3 unspecified atom stereocenters. The van der Waals surface area contributed by atoms with Gasteiger partial charge in [0.25, 0.3) is 0 Å².